The van der Waals surface area contributed by atoms with E-state index in [2.05, 4.69) is 29.2 Å². The van der Waals surface area contributed by atoms with Crippen LogP contribution in [-0.4, -0.2) is 48.7 Å². The third kappa shape index (κ3) is 4.00. The molecule has 3 aromatic carbocycles. The second-order valence-electron chi connectivity index (χ2n) is 7.07. The molecular weight excluding hydrogens is 390 g/mol. The maximum atomic E-state index is 12.9. The van der Waals surface area contributed by atoms with Crippen molar-refractivity contribution in [2.24, 2.45) is 0 Å². The number of nitrogens with zero attached hydrogens (tertiary/aromatic N) is 3. The van der Waals surface area contributed by atoms with E-state index in [1.165, 1.54) is 38.8 Å². The van der Waals surface area contributed by atoms with Gasteiger partial charge in [-0.3, -0.25) is 15.0 Å². The summed E-state index contributed by atoms with van der Waals surface area (Å²) in [6, 6.07) is 19.7. The van der Waals surface area contributed by atoms with Crippen molar-refractivity contribution in [3.05, 3.63) is 82.4 Å². The molecule has 0 aromatic heterocycles. The van der Waals surface area contributed by atoms with Gasteiger partial charge in [-0.15, -0.1) is 0 Å². The van der Waals surface area contributed by atoms with Crippen LogP contribution in [0.2, 0.25) is 0 Å². The Kier molecular flexibility index (Phi) is 5.31. The van der Waals surface area contributed by atoms with Crippen molar-refractivity contribution in [1.29, 1.82) is 0 Å². The van der Waals surface area contributed by atoms with E-state index in [-0.39, 0.29) is 10.6 Å². The topological polar surface area (TPSA) is 83.8 Å². The molecule has 4 rings (SSSR count). The molecular formula is C21H21N3O4S. The summed E-state index contributed by atoms with van der Waals surface area (Å²) < 4.78 is 27.2. The monoisotopic (exact) mass is 411 g/mol. The minimum atomic E-state index is -3.75. The first-order valence-electron chi connectivity index (χ1n) is 9.39. The van der Waals surface area contributed by atoms with Gasteiger partial charge in [0.25, 0.3) is 5.69 Å². The number of nitro benzene ring substituents is 1. The van der Waals surface area contributed by atoms with Crippen molar-refractivity contribution < 1.29 is 13.3 Å². The Bertz CT molecular complexity index is 1150. The molecule has 0 spiro atoms. The SMILES string of the molecule is O=[N+]([O-])c1cccc(S(=O)(=O)N2CCN(Cc3cccc4ccccc34)CC2)c1. The molecule has 8 heteroatoms. The Morgan fingerprint density at radius 3 is 2.34 bits per heavy atom. The molecule has 150 valence electrons. The Morgan fingerprint density at radius 2 is 1.59 bits per heavy atom. The normalized spacial score (nSPS) is 16.1. The van der Waals surface area contributed by atoms with Gasteiger partial charge in [0.15, 0.2) is 0 Å². The molecule has 1 aliphatic heterocycles. The molecule has 0 aliphatic carbocycles. The van der Waals surface area contributed by atoms with E-state index >= 15 is 0 Å². The maximum absolute atomic E-state index is 12.9. The second-order valence-corrected chi connectivity index (χ2v) is 9.01. The minimum Gasteiger partial charge on any atom is -0.296 e. The zero-order valence-electron chi connectivity index (χ0n) is 15.8. The van der Waals surface area contributed by atoms with Crippen LogP contribution in [0.25, 0.3) is 10.8 Å². The van der Waals surface area contributed by atoms with Gasteiger partial charge >= 0.3 is 0 Å². The number of fused-ring (bicyclic) bond motifs is 1. The Morgan fingerprint density at radius 1 is 0.897 bits per heavy atom. The van der Waals surface area contributed by atoms with Crippen LogP contribution in [0.1, 0.15) is 5.56 Å². The number of hydrogen-bond donors (Lipinski definition) is 0. The predicted octanol–water partition coefficient (Wildman–Crippen LogP) is 3.25. The number of nitro groups is 1. The van der Waals surface area contributed by atoms with Gasteiger partial charge in [-0.1, -0.05) is 48.5 Å². The van der Waals surface area contributed by atoms with Gasteiger partial charge < -0.3 is 0 Å². The summed E-state index contributed by atoms with van der Waals surface area (Å²) in [5.41, 5.74) is 0.999. The number of rotatable bonds is 5. The first-order valence-corrected chi connectivity index (χ1v) is 10.8. The molecule has 0 radical (unpaired) electrons. The van der Waals surface area contributed by atoms with Gasteiger partial charge in [0.1, 0.15) is 0 Å². The number of piperazine rings is 1. The molecule has 3 aromatic rings. The molecule has 7 nitrogen and oxygen atoms in total. The van der Waals surface area contributed by atoms with Crippen LogP contribution in [0.3, 0.4) is 0 Å². The van der Waals surface area contributed by atoms with Crippen molar-refractivity contribution in [3.8, 4) is 0 Å². The van der Waals surface area contributed by atoms with E-state index in [1.807, 2.05) is 18.2 Å². The Labute approximate surface area is 169 Å². The van der Waals surface area contributed by atoms with Gasteiger partial charge in [0.05, 0.1) is 9.82 Å². The zero-order valence-corrected chi connectivity index (χ0v) is 16.6. The highest BCUT2D eigenvalue weighted by Gasteiger charge is 2.29. The van der Waals surface area contributed by atoms with Crippen LogP contribution in [0.15, 0.2) is 71.6 Å². The predicted molar refractivity (Wildman–Crippen MR) is 111 cm³/mol. The van der Waals surface area contributed by atoms with E-state index in [1.54, 1.807) is 0 Å². The fraction of sp³-hybridized carbons (Fsp3) is 0.238. The van der Waals surface area contributed by atoms with Gasteiger partial charge in [-0.2, -0.15) is 4.31 Å². The summed E-state index contributed by atoms with van der Waals surface area (Å²) in [6.45, 7) is 2.69. The average molecular weight is 411 g/mol. The van der Waals surface area contributed by atoms with Crippen LogP contribution in [-0.2, 0) is 16.6 Å². The van der Waals surface area contributed by atoms with Crippen LogP contribution in [0, 0.1) is 10.1 Å². The number of hydrogen-bond acceptors (Lipinski definition) is 5. The van der Waals surface area contributed by atoms with Gasteiger partial charge in [0.2, 0.25) is 10.0 Å². The van der Waals surface area contributed by atoms with Gasteiger partial charge in [0, 0.05) is 44.9 Å². The smallest absolute Gasteiger partial charge is 0.270 e. The highest BCUT2D eigenvalue weighted by Crippen LogP contribution is 2.24. The lowest BCUT2D eigenvalue weighted by molar-refractivity contribution is -0.385. The fourth-order valence-electron chi connectivity index (χ4n) is 3.71. The first-order chi connectivity index (χ1) is 13.9. The van der Waals surface area contributed by atoms with Crippen LogP contribution >= 0.6 is 0 Å². The highest BCUT2D eigenvalue weighted by molar-refractivity contribution is 7.89. The zero-order chi connectivity index (χ0) is 20.4. The number of sulfonamides is 1. The lowest BCUT2D eigenvalue weighted by atomic mass is 10.0. The Hall–Kier alpha value is -2.81. The molecule has 0 N–H and O–H groups in total. The molecule has 1 saturated heterocycles. The van der Waals surface area contributed by atoms with Crippen LogP contribution in [0.5, 0.6) is 0 Å². The van der Waals surface area contributed by atoms with Crippen molar-refractivity contribution in [1.82, 2.24) is 9.21 Å². The van der Waals surface area contributed by atoms with E-state index in [0.717, 1.165) is 12.6 Å². The van der Waals surface area contributed by atoms with Crippen molar-refractivity contribution in [2.75, 3.05) is 26.2 Å². The molecule has 0 saturated carbocycles. The molecule has 29 heavy (non-hydrogen) atoms. The molecule has 1 heterocycles. The summed E-state index contributed by atoms with van der Waals surface area (Å²) in [5, 5.41) is 13.4. The van der Waals surface area contributed by atoms with E-state index in [0.29, 0.717) is 26.2 Å². The first kappa shape index (κ1) is 19.5. The molecule has 0 atom stereocenters. The molecule has 0 amide bonds. The summed E-state index contributed by atoms with van der Waals surface area (Å²) in [4.78, 5) is 12.6. The summed E-state index contributed by atoms with van der Waals surface area (Å²) >= 11 is 0. The van der Waals surface area contributed by atoms with E-state index in [9.17, 15) is 18.5 Å². The van der Waals surface area contributed by atoms with Crippen molar-refractivity contribution in [3.63, 3.8) is 0 Å². The summed E-state index contributed by atoms with van der Waals surface area (Å²) in [7, 11) is -3.75. The quantitative estimate of drug-likeness (QED) is 0.475. The van der Waals surface area contributed by atoms with E-state index in [4.69, 9.17) is 0 Å². The largest absolute Gasteiger partial charge is 0.296 e. The molecule has 0 unspecified atom stereocenters. The Balaban J connectivity index is 1.46. The summed E-state index contributed by atoms with van der Waals surface area (Å²) in [6.07, 6.45) is 0. The lowest BCUT2D eigenvalue weighted by Crippen LogP contribution is -2.48. The van der Waals surface area contributed by atoms with E-state index < -0.39 is 14.9 Å². The number of benzene rings is 3. The third-order valence-corrected chi connectivity index (χ3v) is 7.17. The third-order valence-electron chi connectivity index (χ3n) is 5.27. The molecule has 0 bridgehead atoms. The van der Waals surface area contributed by atoms with Crippen LogP contribution < -0.4 is 0 Å². The second kappa shape index (κ2) is 7.90. The fourth-order valence-corrected chi connectivity index (χ4v) is 5.17. The molecule has 1 fully saturated rings. The van der Waals surface area contributed by atoms with Gasteiger partial charge in [-0.25, -0.2) is 8.42 Å². The lowest BCUT2D eigenvalue weighted by Gasteiger charge is -2.34. The minimum absolute atomic E-state index is 0.0331. The van der Waals surface area contributed by atoms with Crippen LogP contribution in [0.4, 0.5) is 5.69 Å². The average Bonchev–Trinajstić information content (AvgIpc) is 2.74. The number of non-ortho nitro benzene ring substituents is 1. The maximum Gasteiger partial charge on any atom is 0.270 e. The standard InChI is InChI=1S/C21H21N3O4S/c25-24(26)19-8-4-9-20(15-19)29(27,28)23-13-11-22(12-14-23)16-18-7-3-6-17-5-1-2-10-21(17)18/h1-10,15H,11-14,16H2. The van der Waals surface area contributed by atoms with Gasteiger partial charge in [-0.05, 0) is 22.4 Å². The highest BCUT2D eigenvalue weighted by atomic mass is 32.2. The van der Waals surface area contributed by atoms with Crippen molar-refractivity contribution >= 4 is 26.5 Å². The molecule has 1 aliphatic rings. The summed E-state index contributed by atoms with van der Waals surface area (Å²) in [5.74, 6) is 0. The van der Waals surface area contributed by atoms with Crippen molar-refractivity contribution in [2.45, 2.75) is 11.4 Å².